The van der Waals surface area contributed by atoms with E-state index in [1.165, 1.54) is 11.8 Å². The second kappa shape index (κ2) is 7.19. The summed E-state index contributed by atoms with van der Waals surface area (Å²) in [6.07, 6.45) is 0. The van der Waals surface area contributed by atoms with Gasteiger partial charge in [-0.1, -0.05) is 12.1 Å². The number of hydrogen-bond acceptors (Lipinski definition) is 4. The number of amides is 1. The van der Waals surface area contributed by atoms with E-state index in [-0.39, 0.29) is 11.9 Å². The molecule has 0 radical (unpaired) electrons. The van der Waals surface area contributed by atoms with Crippen LogP contribution in [-0.4, -0.2) is 30.6 Å². The molecular weight excluding hydrogens is 236 g/mol. The lowest BCUT2D eigenvalue weighted by Crippen LogP contribution is -2.20. The number of carbonyl (C=O) groups is 1. The number of ether oxygens (including phenoxy) is 1. The van der Waals surface area contributed by atoms with Gasteiger partial charge in [0.2, 0.25) is 5.91 Å². The molecule has 1 rings (SSSR count). The van der Waals surface area contributed by atoms with Gasteiger partial charge in [-0.25, -0.2) is 0 Å². The summed E-state index contributed by atoms with van der Waals surface area (Å²) in [5, 5.41) is 2.81. The van der Waals surface area contributed by atoms with Crippen LogP contribution >= 0.6 is 11.8 Å². The normalized spacial score (nSPS) is 11.9. The fourth-order valence-electron chi connectivity index (χ4n) is 1.27. The van der Waals surface area contributed by atoms with Crippen LogP contribution in [0.1, 0.15) is 6.92 Å². The Bertz CT molecular complexity index is 369. The molecule has 0 aliphatic carbocycles. The first-order valence-corrected chi connectivity index (χ1v) is 6.55. The number of nitrogens with one attached hydrogen (secondary N) is 1. The molecule has 1 unspecified atom stereocenters. The highest BCUT2D eigenvalue weighted by molar-refractivity contribution is 8.00. The predicted molar refractivity (Wildman–Crippen MR) is 72.6 cm³/mol. The van der Waals surface area contributed by atoms with Crippen molar-refractivity contribution in [3.8, 4) is 5.75 Å². The highest BCUT2D eigenvalue weighted by Crippen LogP contribution is 2.23. The van der Waals surface area contributed by atoms with Crippen molar-refractivity contribution in [1.82, 2.24) is 0 Å². The average molecular weight is 254 g/mol. The van der Waals surface area contributed by atoms with E-state index in [9.17, 15) is 4.79 Å². The number of hydrogen-bond donors (Lipinski definition) is 2. The SMILES string of the molecule is COc1ccccc1NC(=O)CSCC(C)N. The molecule has 0 saturated carbocycles. The predicted octanol–water partition coefficient (Wildman–Crippen LogP) is 1.71. The summed E-state index contributed by atoms with van der Waals surface area (Å²) in [5.74, 6) is 1.80. The number of para-hydroxylation sites is 2. The summed E-state index contributed by atoms with van der Waals surface area (Å²) < 4.78 is 5.15. The second-order valence-electron chi connectivity index (χ2n) is 3.74. The van der Waals surface area contributed by atoms with Crippen molar-refractivity contribution in [3.05, 3.63) is 24.3 Å². The molecular formula is C12H18N2O2S. The van der Waals surface area contributed by atoms with E-state index >= 15 is 0 Å². The van der Waals surface area contributed by atoms with Gasteiger partial charge in [0, 0.05) is 11.8 Å². The summed E-state index contributed by atoms with van der Waals surface area (Å²) in [6.45, 7) is 1.92. The Kier molecular flexibility index (Phi) is 5.86. The lowest BCUT2D eigenvalue weighted by atomic mass is 10.3. The van der Waals surface area contributed by atoms with E-state index in [0.29, 0.717) is 17.2 Å². The Balaban J connectivity index is 2.45. The lowest BCUT2D eigenvalue weighted by molar-refractivity contribution is -0.113. The topological polar surface area (TPSA) is 64.3 Å². The molecule has 0 saturated heterocycles. The van der Waals surface area contributed by atoms with E-state index < -0.39 is 0 Å². The Morgan fingerprint density at radius 3 is 2.88 bits per heavy atom. The Morgan fingerprint density at radius 1 is 1.53 bits per heavy atom. The van der Waals surface area contributed by atoms with Crippen molar-refractivity contribution in [2.24, 2.45) is 5.73 Å². The summed E-state index contributed by atoms with van der Waals surface area (Å²) in [5.41, 5.74) is 6.30. The third-order valence-corrected chi connectivity index (χ3v) is 3.22. The van der Waals surface area contributed by atoms with E-state index in [2.05, 4.69) is 5.32 Å². The maximum atomic E-state index is 11.6. The van der Waals surface area contributed by atoms with Crippen molar-refractivity contribution in [1.29, 1.82) is 0 Å². The minimum absolute atomic E-state index is 0.0415. The van der Waals surface area contributed by atoms with Crippen LogP contribution in [0, 0.1) is 0 Å². The van der Waals surface area contributed by atoms with E-state index in [0.717, 1.165) is 5.75 Å². The van der Waals surface area contributed by atoms with Crippen LogP contribution in [0.4, 0.5) is 5.69 Å². The van der Waals surface area contributed by atoms with Gasteiger partial charge >= 0.3 is 0 Å². The summed E-state index contributed by atoms with van der Waals surface area (Å²) >= 11 is 1.52. The highest BCUT2D eigenvalue weighted by atomic mass is 32.2. The standard InChI is InChI=1S/C12H18N2O2S/c1-9(13)7-17-8-12(15)14-10-5-3-4-6-11(10)16-2/h3-6,9H,7-8,13H2,1-2H3,(H,14,15). The fourth-order valence-corrected chi connectivity index (χ4v) is 2.02. The number of anilines is 1. The van der Waals surface area contributed by atoms with Crippen LogP contribution in [0.3, 0.4) is 0 Å². The number of methoxy groups -OCH3 is 1. The van der Waals surface area contributed by atoms with Gasteiger partial charge < -0.3 is 15.8 Å². The third-order valence-electron chi connectivity index (χ3n) is 1.99. The van der Waals surface area contributed by atoms with E-state index in [4.69, 9.17) is 10.5 Å². The smallest absolute Gasteiger partial charge is 0.234 e. The molecule has 5 heteroatoms. The monoisotopic (exact) mass is 254 g/mol. The fraction of sp³-hybridized carbons (Fsp3) is 0.417. The maximum absolute atomic E-state index is 11.6. The third kappa shape index (κ3) is 5.10. The van der Waals surface area contributed by atoms with Crippen LogP contribution < -0.4 is 15.8 Å². The summed E-state index contributed by atoms with van der Waals surface area (Å²) in [4.78, 5) is 11.6. The Morgan fingerprint density at radius 2 is 2.24 bits per heavy atom. The van der Waals surface area contributed by atoms with Gasteiger partial charge in [-0.15, -0.1) is 0 Å². The molecule has 0 spiro atoms. The molecule has 0 aliphatic rings. The van der Waals surface area contributed by atoms with Crippen molar-refractivity contribution in [2.45, 2.75) is 13.0 Å². The average Bonchev–Trinajstić information content (AvgIpc) is 2.29. The summed E-state index contributed by atoms with van der Waals surface area (Å²) in [7, 11) is 1.58. The van der Waals surface area contributed by atoms with Gasteiger partial charge in [-0.2, -0.15) is 11.8 Å². The van der Waals surface area contributed by atoms with Crippen LogP contribution in [-0.2, 0) is 4.79 Å². The molecule has 3 N–H and O–H groups in total. The molecule has 0 heterocycles. The van der Waals surface area contributed by atoms with Crippen LogP contribution in [0.15, 0.2) is 24.3 Å². The van der Waals surface area contributed by atoms with Crippen LogP contribution in [0.5, 0.6) is 5.75 Å². The molecule has 0 fully saturated rings. The first-order chi connectivity index (χ1) is 8.13. The zero-order valence-corrected chi connectivity index (χ0v) is 10.9. The van der Waals surface area contributed by atoms with Gasteiger partial charge in [0.25, 0.3) is 0 Å². The quantitative estimate of drug-likeness (QED) is 0.811. The zero-order chi connectivity index (χ0) is 12.7. The van der Waals surface area contributed by atoms with Crippen molar-refractivity contribution < 1.29 is 9.53 Å². The molecule has 17 heavy (non-hydrogen) atoms. The molecule has 0 bridgehead atoms. The highest BCUT2D eigenvalue weighted by Gasteiger charge is 2.07. The minimum atomic E-state index is -0.0415. The van der Waals surface area contributed by atoms with Gasteiger partial charge in [0.15, 0.2) is 0 Å². The van der Waals surface area contributed by atoms with Crippen molar-refractivity contribution in [3.63, 3.8) is 0 Å². The number of nitrogens with two attached hydrogens (primary N) is 1. The van der Waals surface area contributed by atoms with E-state index in [1.54, 1.807) is 7.11 Å². The molecule has 1 aromatic carbocycles. The lowest BCUT2D eigenvalue weighted by Gasteiger charge is -2.10. The van der Waals surface area contributed by atoms with Crippen LogP contribution in [0.2, 0.25) is 0 Å². The molecule has 1 aromatic rings. The maximum Gasteiger partial charge on any atom is 0.234 e. The van der Waals surface area contributed by atoms with Gasteiger partial charge in [-0.05, 0) is 19.1 Å². The summed E-state index contributed by atoms with van der Waals surface area (Å²) in [6, 6.07) is 7.45. The number of benzene rings is 1. The first-order valence-electron chi connectivity index (χ1n) is 5.39. The van der Waals surface area contributed by atoms with Gasteiger partial charge in [0.05, 0.1) is 18.6 Å². The Hall–Kier alpha value is -1.20. The largest absolute Gasteiger partial charge is 0.495 e. The molecule has 0 aliphatic heterocycles. The van der Waals surface area contributed by atoms with Crippen LogP contribution in [0.25, 0.3) is 0 Å². The van der Waals surface area contributed by atoms with Crippen molar-refractivity contribution in [2.75, 3.05) is 23.9 Å². The van der Waals surface area contributed by atoms with Gasteiger partial charge in [0.1, 0.15) is 5.75 Å². The second-order valence-corrected chi connectivity index (χ2v) is 4.77. The Labute approximate surface area is 106 Å². The molecule has 94 valence electrons. The number of thioether (sulfide) groups is 1. The zero-order valence-electron chi connectivity index (χ0n) is 10.1. The van der Waals surface area contributed by atoms with E-state index in [1.807, 2.05) is 31.2 Å². The van der Waals surface area contributed by atoms with Crippen molar-refractivity contribution >= 4 is 23.4 Å². The minimum Gasteiger partial charge on any atom is -0.495 e. The first kappa shape index (κ1) is 13.9. The number of rotatable bonds is 6. The molecule has 0 aromatic heterocycles. The van der Waals surface area contributed by atoms with Gasteiger partial charge in [-0.3, -0.25) is 4.79 Å². The molecule has 1 atom stereocenters. The molecule has 1 amide bonds. The molecule has 4 nitrogen and oxygen atoms in total. The number of carbonyl (C=O) groups excluding carboxylic acids is 1.